The Kier molecular flexibility index (Phi) is 4.74. The number of primary amides is 1. The lowest BCUT2D eigenvalue weighted by molar-refractivity contribution is -0.120. The largest absolute Gasteiger partial charge is 0.368 e. The molecule has 0 aliphatic rings. The molecule has 1 aromatic rings. The molecule has 19 heavy (non-hydrogen) atoms. The summed E-state index contributed by atoms with van der Waals surface area (Å²) >= 11 is 0. The molecule has 0 saturated carbocycles. The van der Waals surface area contributed by atoms with Crippen molar-refractivity contribution >= 4 is 5.91 Å². The van der Waals surface area contributed by atoms with Crippen LogP contribution in [0.5, 0.6) is 0 Å². The van der Waals surface area contributed by atoms with Crippen LogP contribution in [0.4, 0.5) is 0 Å². The first-order valence-electron chi connectivity index (χ1n) is 6.69. The molecule has 5 heteroatoms. The van der Waals surface area contributed by atoms with Gasteiger partial charge in [-0.25, -0.2) is 0 Å². The molecule has 1 amide bonds. The molecule has 1 heterocycles. The highest BCUT2D eigenvalue weighted by atomic mass is 16.1. The highest BCUT2D eigenvalue weighted by Crippen LogP contribution is 2.28. The van der Waals surface area contributed by atoms with Crippen LogP contribution in [0, 0.1) is 5.92 Å². The first kappa shape index (κ1) is 15.7. The quantitative estimate of drug-likeness (QED) is 0.848. The summed E-state index contributed by atoms with van der Waals surface area (Å²) in [6.45, 7) is 11.2. The standard InChI is InChI=1S/C14H26N4O/c1-9(2)7-16-11(13(15)19)10-8-18(6)17-12(10)14(3,4)5/h8-9,11,16H,7H2,1-6H3,(H2,15,19). The van der Waals surface area contributed by atoms with Gasteiger partial charge in [0.2, 0.25) is 5.91 Å². The summed E-state index contributed by atoms with van der Waals surface area (Å²) in [6.07, 6.45) is 1.88. The van der Waals surface area contributed by atoms with Gasteiger partial charge in [-0.3, -0.25) is 9.48 Å². The first-order chi connectivity index (χ1) is 8.62. The van der Waals surface area contributed by atoms with E-state index in [0.29, 0.717) is 5.92 Å². The fraction of sp³-hybridized carbons (Fsp3) is 0.714. The van der Waals surface area contributed by atoms with Crippen LogP contribution in [0.25, 0.3) is 0 Å². The van der Waals surface area contributed by atoms with Crippen LogP contribution in [-0.4, -0.2) is 22.2 Å². The van der Waals surface area contributed by atoms with Crippen LogP contribution >= 0.6 is 0 Å². The van der Waals surface area contributed by atoms with Gasteiger partial charge in [0.25, 0.3) is 0 Å². The molecule has 1 rings (SSSR count). The average Bonchev–Trinajstić information content (AvgIpc) is 2.59. The van der Waals surface area contributed by atoms with Gasteiger partial charge in [-0.05, 0) is 12.5 Å². The second-order valence-corrected chi connectivity index (χ2v) is 6.49. The molecular formula is C14H26N4O. The van der Waals surface area contributed by atoms with E-state index in [4.69, 9.17) is 5.73 Å². The van der Waals surface area contributed by atoms with E-state index in [0.717, 1.165) is 17.8 Å². The number of carbonyl (C=O) groups is 1. The Balaban J connectivity index is 3.12. The van der Waals surface area contributed by atoms with E-state index >= 15 is 0 Å². The molecule has 0 aliphatic carbocycles. The van der Waals surface area contributed by atoms with E-state index in [9.17, 15) is 4.79 Å². The topological polar surface area (TPSA) is 72.9 Å². The number of rotatable bonds is 5. The highest BCUT2D eigenvalue weighted by Gasteiger charge is 2.29. The van der Waals surface area contributed by atoms with Gasteiger partial charge in [-0.1, -0.05) is 34.6 Å². The third-order valence-corrected chi connectivity index (χ3v) is 2.89. The van der Waals surface area contributed by atoms with E-state index in [2.05, 4.69) is 45.0 Å². The lowest BCUT2D eigenvalue weighted by Crippen LogP contribution is -2.36. The Morgan fingerprint density at radius 2 is 2.05 bits per heavy atom. The van der Waals surface area contributed by atoms with Crippen molar-refractivity contribution in [3.8, 4) is 0 Å². The number of hydrogen-bond donors (Lipinski definition) is 2. The number of nitrogens with one attached hydrogen (secondary N) is 1. The highest BCUT2D eigenvalue weighted by molar-refractivity contribution is 5.81. The van der Waals surface area contributed by atoms with Crippen molar-refractivity contribution in [2.45, 2.75) is 46.1 Å². The van der Waals surface area contributed by atoms with Gasteiger partial charge in [0.05, 0.1) is 5.69 Å². The van der Waals surface area contributed by atoms with E-state index < -0.39 is 6.04 Å². The maximum atomic E-state index is 11.7. The fourth-order valence-electron chi connectivity index (χ4n) is 2.02. The number of carbonyl (C=O) groups excluding carboxylic acids is 1. The second-order valence-electron chi connectivity index (χ2n) is 6.49. The minimum absolute atomic E-state index is 0.121. The SMILES string of the molecule is CC(C)CNC(C(N)=O)c1cn(C)nc1C(C)(C)C. The molecule has 0 aromatic carbocycles. The van der Waals surface area contributed by atoms with Gasteiger partial charge in [0, 0.05) is 24.2 Å². The van der Waals surface area contributed by atoms with Crippen LogP contribution < -0.4 is 11.1 Å². The maximum Gasteiger partial charge on any atom is 0.239 e. The van der Waals surface area contributed by atoms with Crippen molar-refractivity contribution in [3.63, 3.8) is 0 Å². The maximum absolute atomic E-state index is 11.7. The fourth-order valence-corrected chi connectivity index (χ4v) is 2.02. The minimum Gasteiger partial charge on any atom is -0.368 e. The molecule has 108 valence electrons. The summed E-state index contributed by atoms with van der Waals surface area (Å²) in [5, 5.41) is 7.71. The third-order valence-electron chi connectivity index (χ3n) is 2.89. The smallest absolute Gasteiger partial charge is 0.239 e. The van der Waals surface area contributed by atoms with Crippen LogP contribution in [0.1, 0.15) is 51.9 Å². The van der Waals surface area contributed by atoms with Gasteiger partial charge in [-0.2, -0.15) is 5.10 Å². The van der Waals surface area contributed by atoms with Crippen LogP contribution in [0.3, 0.4) is 0 Å². The molecule has 1 atom stereocenters. The lowest BCUT2D eigenvalue weighted by Gasteiger charge is -2.22. The monoisotopic (exact) mass is 266 g/mol. The Bertz CT molecular complexity index is 443. The van der Waals surface area contributed by atoms with Crippen LogP contribution in [0.15, 0.2) is 6.20 Å². The summed E-state index contributed by atoms with van der Waals surface area (Å²) in [6, 6.07) is -0.481. The van der Waals surface area contributed by atoms with Gasteiger partial charge in [0.15, 0.2) is 0 Å². The van der Waals surface area contributed by atoms with Crippen LogP contribution in [-0.2, 0) is 17.3 Å². The van der Waals surface area contributed by atoms with Crippen molar-refractivity contribution in [1.29, 1.82) is 0 Å². The zero-order valence-corrected chi connectivity index (χ0v) is 12.8. The lowest BCUT2D eigenvalue weighted by atomic mass is 9.87. The predicted octanol–water partition coefficient (Wildman–Crippen LogP) is 1.49. The first-order valence-corrected chi connectivity index (χ1v) is 6.69. The summed E-state index contributed by atoms with van der Waals surface area (Å²) in [4.78, 5) is 11.7. The molecular weight excluding hydrogens is 240 g/mol. The van der Waals surface area contributed by atoms with E-state index in [-0.39, 0.29) is 11.3 Å². The zero-order chi connectivity index (χ0) is 14.8. The molecule has 0 saturated heterocycles. The molecule has 0 bridgehead atoms. The Morgan fingerprint density at radius 3 is 2.47 bits per heavy atom. The Hall–Kier alpha value is -1.36. The van der Waals surface area contributed by atoms with Crippen molar-refractivity contribution in [1.82, 2.24) is 15.1 Å². The van der Waals surface area contributed by atoms with Gasteiger partial charge in [0.1, 0.15) is 6.04 Å². The van der Waals surface area contributed by atoms with Gasteiger partial charge in [-0.15, -0.1) is 0 Å². The number of hydrogen-bond acceptors (Lipinski definition) is 3. The molecule has 3 N–H and O–H groups in total. The summed E-state index contributed by atoms with van der Waals surface area (Å²) in [5.74, 6) is 0.0933. The van der Waals surface area contributed by atoms with Crippen molar-refractivity contribution in [3.05, 3.63) is 17.5 Å². The zero-order valence-electron chi connectivity index (χ0n) is 12.8. The molecule has 5 nitrogen and oxygen atoms in total. The Labute approximate surface area is 115 Å². The summed E-state index contributed by atoms with van der Waals surface area (Å²) in [5.41, 5.74) is 7.21. The second kappa shape index (κ2) is 5.74. The number of nitrogens with two attached hydrogens (primary N) is 1. The molecule has 0 aliphatic heterocycles. The third kappa shape index (κ3) is 4.06. The van der Waals surface area contributed by atoms with Crippen LogP contribution in [0.2, 0.25) is 0 Å². The molecule has 1 unspecified atom stereocenters. The molecule has 0 spiro atoms. The van der Waals surface area contributed by atoms with E-state index in [1.54, 1.807) is 4.68 Å². The van der Waals surface area contributed by atoms with E-state index in [1.807, 2.05) is 13.2 Å². The number of nitrogens with zero attached hydrogens (tertiary/aromatic N) is 2. The average molecular weight is 266 g/mol. The molecule has 0 fully saturated rings. The van der Waals surface area contributed by atoms with Gasteiger partial charge >= 0.3 is 0 Å². The number of amides is 1. The Morgan fingerprint density at radius 1 is 1.47 bits per heavy atom. The van der Waals surface area contributed by atoms with Crippen molar-refractivity contribution in [2.24, 2.45) is 18.7 Å². The minimum atomic E-state index is -0.481. The molecule has 1 aromatic heterocycles. The normalized spacial score (nSPS) is 13.8. The summed E-state index contributed by atoms with van der Waals surface area (Å²) < 4.78 is 1.74. The van der Waals surface area contributed by atoms with E-state index in [1.165, 1.54) is 0 Å². The van der Waals surface area contributed by atoms with Crippen molar-refractivity contribution < 1.29 is 4.79 Å². The van der Waals surface area contributed by atoms with Gasteiger partial charge < -0.3 is 11.1 Å². The van der Waals surface area contributed by atoms with Crippen molar-refractivity contribution in [2.75, 3.05) is 6.54 Å². The number of aryl methyl sites for hydroxylation is 1. The number of aromatic nitrogens is 2. The summed E-state index contributed by atoms with van der Waals surface area (Å²) in [7, 11) is 1.86. The predicted molar refractivity (Wildman–Crippen MR) is 76.7 cm³/mol. The molecule has 0 radical (unpaired) electrons.